The lowest BCUT2D eigenvalue weighted by Gasteiger charge is -2.03. The van der Waals surface area contributed by atoms with E-state index in [1.807, 2.05) is 0 Å². The molecular weight excluding hydrogens is 603 g/mol. The number of nitrogens with zero attached hydrogens (tertiary/aromatic N) is 2. The van der Waals surface area contributed by atoms with Gasteiger partial charge in [0.05, 0.1) is 21.1 Å². The third-order valence-electron chi connectivity index (χ3n) is 5.36. The minimum atomic E-state index is -3.60. The number of carbonyl (C=O) groups excluding carboxylic acids is 1. The quantitative estimate of drug-likeness (QED) is 0.294. The standard InChI is InChI=1S/C14H15FN2O3S2.C11H11FN2O2S2/c1-4-12(18)17-14-16-8(2)13(21-14)9-5-6-11(10(15)7-9)22(3,19)20;1-6-10(17-11(13)14-6)7-3-4-9(8(12)5-7)18(2,15)16/h5-7H,4H2,1-3H3,(H,16,17,18);3-5H,1-2H3,(H2,13,14). The summed E-state index contributed by atoms with van der Waals surface area (Å²) >= 11 is 2.46. The molecule has 2 aromatic heterocycles. The van der Waals surface area contributed by atoms with Crippen LogP contribution in [0.5, 0.6) is 0 Å². The van der Waals surface area contributed by atoms with Crippen molar-refractivity contribution in [3.63, 3.8) is 0 Å². The van der Waals surface area contributed by atoms with Crippen molar-refractivity contribution >= 4 is 58.5 Å². The minimum absolute atomic E-state index is 0.154. The Balaban J connectivity index is 0.000000225. The minimum Gasteiger partial charge on any atom is -0.375 e. The Morgan fingerprint density at radius 2 is 1.30 bits per heavy atom. The molecule has 0 radical (unpaired) electrons. The molecule has 9 nitrogen and oxygen atoms in total. The van der Waals surface area contributed by atoms with Crippen molar-refractivity contribution in [2.24, 2.45) is 0 Å². The van der Waals surface area contributed by atoms with Crippen molar-refractivity contribution < 1.29 is 30.4 Å². The van der Waals surface area contributed by atoms with Crippen LogP contribution in [0.3, 0.4) is 0 Å². The number of aromatic nitrogens is 2. The van der Waals surface area contributed by atoms with Gasteiger partial charge in [-0.3, -0.25) is 4.79 Å². The van der Waals surface area contributed by atoms with Crippen LogP contribution in [0.15, 0.2) is 46.2 Å². The molecule has 4 rings (SSSR count). The Labute approximate surface area is 239 Å². The average Bonchev–Trinajstić information content (AvgIpc) is 3.37. The number of amides is 1. The van der Waals surface area contributed by atoms with Gasteiger partial charge in [0.1, 0.15) is 21.4 Å². The molecule has 0 aliphatic carbocycles. The predicted molar refractivity (Wildman–Crippen MR) is 154 cm³/mol. The molecule has 3 N–H and O–H groups in total. The monoisotopic (exact) mass is 628 g/mol. The Morgan fingerprint density at radius 3 is 1.68 bits per heavy atom. The van der Waals surface area contributed by atoms with Crippen molar-refractivity contribution in [1.29, 1.82) is 0 Å². The maximum Gasteiger partial charge on any atom is 0.225 e. The van der Waals surface area contributed by atoms with Crippen LogP contribution in [0.1, 0.15) is 24.7 Å². The highest BCUT2D eigenvalue weighted by molar-refractivity contribution is 7.91. The van der Waals surface area contributed by atoms with Crippen LogP contribution >= 0.6 is 22.7 Å². The first-order valence-electron chi connectivity index (χ1n) is 11.5. The normalized spacial score (nSPS) is 11.6. The molecule has 40 heavy (non-hydrogen) atoms. The summed E-state index contributed by atoms with van der Waals surface area (Å²) in [7, 11) is -7.15. The smallest absolute Gasteiger partial charge is 0.225 e. The lowest BCUT2D eigenvalue weighted by Crippen LogP contribution is -2.08. The molecule has 1 amide bonds. The van der Waals surface area contributed by atoms with Crippen LogP contribution in [0, 0.1) is 25.5 Å². The maximum absolute atomic E-state index is 14.0. The first kappa shape index (κ1) is 31.3. The zero-order valence-corrected chi connectivity index (χ0v) is 25.3. The first-order valence-corrected chi connectivity index (χ1v) is 16.9. The van der Waals surface area contributed by atoms with Gasteiger partial charge in [-0.15, -0.1) is 0 Å². The second kappa shape index (κ2) is 12.1. The lowest BCUT2D eigenvalue weighted by molar-refractivity contribution is -0.115. The summed E-state index contributed by atoms with van der Waals surface area (Å²) in [6.07, 6.45) is 2.27. The predicted octanol–water partition coefficient (Wildman–Crippen LogP) is 5.25. The van der Waals surface area contributed by atoms with Crippen molar-refractivity contribution in [2.45, 2.75) is 37.0 Å². The van der Waals surface area contributed by atoms with Crippen molar-refractivity contribution in [1.82, 2.24) is 9.97 Å². The number of halogens is 2. The SMILES string of the molecule is CCC(=O)Nc1nc(C)c(-c2ccc(S(C)(=O)=O)c(F)c2)s1.Cc1nc(N)sc1-c1ccc(S(C)(=O)=O)c(F)c1. The molecule has 15 heteroatoms. The number of anilines is 2. The van der Waals surface area contributed by atoms with Gasteiger partial charge in [0.25, 0.3) is 0 Å². The molecule has 0 fully saturated rings. The molecular formula is C25H26F2N4O5S4. The number of hydrogen-bond acceptors (Lipinski definition) is 10. The first-order chi connectivity index (χ1) is 18.5. The van der Waals surface area contributed by atoms with Crippen LogP contribution in [0.25, 0.3) is 20.9 Å². The Kier molecular flexibility index (Phi) is 9.44. The van der Waals surface area contributed by atoms with Crippen molar-refractivity contribution in [3.8, 4) is 20.9 Å². The summed E-state index contributed by atoms with van der Waals surface area (Å²) in [6.45, 7) is 5.25. The van der Waals surface area contributed by atoms with E-state index in [-0.39, 0.29) is 15.7 Å². The van der Waals surface area contributed by atoms with E-state index in [0.717, 1.165) is 17.4 Å². The molecule has 0 atom stereocenters. The molecule has 2 aromatic carbocycles. The van der Waals surface area contributed by atoms with Crippen molar-refractivity contribution in [2.75, 3.05) is 23.6 Å². The van der Waals surface area contributed by atoms with E-state index in [9.17, 15) is 30.4 Å². The van der Waals surface area contributed by atoms with Gasteiger partial charge in [-0.2, -0.15) is 0 Å². The fourth-order valence-corrected chi connectivity index (χ4v) is 6.76. The van der Waals surface area contributed by atoms with E-state index in [0.29, 0.717) is 44.1 Å². The van der Waals surface area contributed by atoms with Gasteiger partial charge >= 0.3 is 0 Å². The molecule has 214 valence electrons. The van der Waals surface area contributed by atoms with Gasteiger partial charge in [0, 0.05) is 18.9 Å². The zero-order valence-electron chi connectivity index (χ0n) is 22.1. The summed E-state index contributed by atoms with van der Waals surface area (Å²) in [6, 6.07) is 7.95. The average molecular weight is 629 g/mol. The Bertz CT molecular complexity index is 1800. The maximum atomic E-state index is 14.0. The molecule has 0 aliphatic rings. The summed E-state index contributed by atoms with van der Waals surface area (Å²) < 4.78 is 73.2. The van der Waals surface area contributed by atoms with Crippen LogP contribution in [0.2, 0.25) is 0 Å². The number of nitrogen functional groups attached to an aromatic ring is 1. The second-order valence-electron chi connectivity index (χ2n) is 8.64. The van der Waals surface area contributed by atoms with Crippen LogP contribution in [-0.2, 0) is 24.5 Å². The number of carbonyl (C=O) groups is 1. The highest BCUT2D eigenvalue weighted by Gasteiger charge is 2.18. The van der Waals surface area contributed by atoms with E-state index in [2.05, 4.69) is 15.3 Å². The van der Waals surface area contributed by atoms with E-state index in [1.165, 1.54) is 53.0 Å². The van der Waals surface area contributed by atoms with Gasteiger partial charge in [0.2, 0.25) is 5.91 Å². The fourth-order valence-electron chi connectivity index (χ4n) is 3.50. The van der Waals surface area contributed by atoms with Crippen LogP contribution in [-0.4, -0.2) is 45.2 Å². The van der Waals surface area contributed by atoms with Gasteiger partial charge in [0.15, 0.2) is 29.9 Å². The highest BCUT2D eigenvalue weighted by atomic mass is 32.2. The number of thiazole rings is 2. The number of nitrogens with one attached hydrogen (secondary N) is 1. The van der Waals surface area contributed by atoms with E-state index < -0.39 is 31.3 Å². The molecule has 0 unspecified atom stereocenters. The topological polar surface area (TPSA) is 149 Å². The summed E-state index contributed by atoms with van der Waals surface area (Å²) in [5.74, 6) is -1.72. The second-order valence-corrected chi connectivity index (χ2v) is 14.6. The van der Waals surface area contributed by atoms with Gasteiger partial charge in [-0.25, -0.2) is 35.6 Å². The van der Waals surface area contributed by atoms with Gasteiger partial charge in [-0.1, -0.05) is 41.7 Å². The highest BCUT2D eigenvalue weighted by Crippen LogP contribution is 2.34. The third-order valence-corrected chi connectivity index (χ3v) is 9.78. The molecule has 0 saturated heterocycles. The van der Waals surface area contributed by atoms with E-state index in [1.54, 1.807) is 26.8 Å². The van der Waals surface area contributed by atoms with Gasteiger partial charge < -0.3 is 11.1 Å². The van der Waals surface area contributed by atoms with E-state index >= 15 is 0 Å². The van der Waals surface area contributed by atoms with Crippen LogP contribution < -0.4 is 11.1 Å². The molecule has 0 spiro atoms. The molecule has 0 aliphatic heterocycles. The number of nitrogens with two attached hydrogens (primary N) is 1. The summed E-state index contributed by atoms with van der Waals surface area (Å²) in [5.41, 5.74) is 8.01. The number of benzene rings is 2. The molecule has 0 bridgehead atoms. The number of hydrogen-bond donors (Lipinski definition) is 2. The van der Waals surface area contributed by atoms with E-state index in [4.69, 9.17) is 5.73 Å². The number of aryl methyl sites for hydroxylation is 2. The van der Waals surface area contributed by atoms with Crippen LogP contribution in [0.4, 0.5) is 19.0 Å². The Hall–Kier alpha value is -3.27. The number of rotatable bonds is 6. The largest absolute Gasteiger partial charge is 0.375 e. The van der Waals surface area contributed by atoms with Gasteiger partial charge in [-0.05, 0) is 49.2 Å². The fraction of sp³-hybridized carbons (Fsp3) is 0.240. The zero-order chi connectivity index (χ0) is 30.0. The summed E-state index contributed by atoms with van der Waals surface area (Å²) in [4.78, 5) is 20.4. The molecule has 2 heterocycles. The lowest BCUT2D eigenvalue weighted by atomic mass is 10.1. The van der Waals surface area contributed by atoms with Crippen molar-refractivity contribution in [3.05, 3.63) is 59.4 Å². The molecule has 0 saturated carbocycles. The number of sulfone groups is 2. The summed E-state index contributed by atoms with van der Waals surface area (Å²) in [5, 5.41) is 3.49. The third kappa shape index (κ3) is 7.47. The molecule has 4 aromatic rings. The Morgan fingerprint density at radius 1 is 0.850 bits per heavy atom.